The molecule has 1 aliphatic rings. The maximum atomic E-state index is 10.6. The third kappa shape index (κ3) is 4.98. The van der Waals surface area contributed by atoms with Crippen molar-refractivity contribution < 1.29 is 9.52 Å². The molecule has 24 heavy (non-hydrogen) atoms. The van der Waals surface area contributed by atoms with Crippen molar-refractivity contribution in [2.75, 3.05) is 32.7 Å². The second-order valence-corrected chi connectivity index (χ2v) is 6.68. The van der Waals surface area contributed by atoms with Gasteiger partial charge in [-0.05, 0) is 58.8 Å². The average Bonchev–Trinajstić information content (AvgIpc) is 3.18. The number of furan rings is 1. The SMILES string of the molecule is CCNC(=NCC(C)(O)c1ccc(C)o1)NCC1CCCN1CC. The lowest BCUT2D eigenvalue weighted by molar-refractivity contribution is 0.0428. The zero-order chi connectivity index (χ0) is 17.6. The summed E-state index contributed by atoms with van der Waals surface area (Å²) in [6, 6.07) is 4.23. The van der Waals surface area contributed by atoms with E-state index in [1.165, 1.54) is 19.4 Å². The average molecular weight is 336 g/mol. The van der Waals surface area contributed by atoms with Gasteiger partial charge in [0.15, 0.2) is 5.96 Å². The number of nitrogens with zero attached hydrogens (tertiary/aromatic N) is 2. The first-order valence-electron chi connectivity index (χ1n) is 9.01. The molecule has 2 atom stereocenters. The van der Waals surface area contributed by atoms with E-state index in [1.54, 1.807) is 6.92 Å². The van der Waals surface area contributed by atoms with E-state index in [1.807, 2.05) is 26.0 Å². The number of likely N-dealkylation sites (tertiary alicyclic amines) is 1. The summed E-state index contributed by atoms with van der Waals surface area (Å²) in [5.74, 6) is 2.08. The van der Waals surface area contributed by atoms with Gasteiger partial charge in [-0.25, -0.2) is 4.99 Å². The molecule has 0 aliphatic carbocycles. The summed E-state index contributed by atoms with van der Waals surface area (Å²) in [7, 11) is 0. The number of rotatable bonds is 7. The maximum absolute atomic E-state index is 10.6. The van der Waals surface area contributed by atoms with Gasteiger partial charge >= 0.3 is 0 Å². The van der Waals surface area contributed by atoms with Crippen LogP contribution in [0.1, 0.15) is 45.1 Å². The normalized spacial score (nSPS) is 21.7. The lowest BCUT2D eigenvalue weighted by Gasteiger charge is -2.24. The number of nitrogens with one attached hydrogen (secondary N) is 2. The van der Waals surface area contributed by atoms with Gasteiger partial charge in [0.25, 0.3) is 0 Å². The first-order chi connectivity index (χ1) is 11.5. The number of hydrogen-bond donors (Lipinski definition) is 3. The van der Waals surface area contributed by atoms with Crippen LogP contribution in [-0.4, -0.2) is 54.7 Å². The topological polar surface area (TPSA) is 73.0 Å². The molecule has 0 amide bonds. The Bertz CT molecular complexity index is 539. The van der Waals surface area contributed by atoms with Crippen LogP contribution >= 0.6 is 0 Å². The molecule has 2 rings (SSSR count). The van der Waals surface area contributed by atoms with Gasteiger partial charge < -0.3 is 20.2 Å². The van der Waals surface area contributed by atoms with Crippen LogP contribution in [-0.2, 0) is 5.60 Å². The molecule has 0 radical (unpaired) electrons. The molecule has 0 saturated carbocycles. The van der Waals surface area contributed by atoms with E-state index in [2.05, 4.69) is 27.4 Å². The van der Waals surface area contributed by atoms with Gasteiger partial charge in [0, 0.05) is 19.1 Å². The highest BCUT2D eigenvalue weighted by Gasteiger charge is 2.27. The van der Waals surface area contributed by atoms with Crippen LogP contribution in [0.4, 0.5) is 0 Å². The number of aryl methyl sites for hydroxylation is 1. The van der Waals surface area contributed by atoms with Crippen LogP contribution in [0.5, 0.6) is 0 Å². The highest BCUT2D eigenvalue weighted by molar-refractivity contribution is 5.79. The molecule has 6 heteroatoms. The lowest BCUT2D eigenvalue weighted by atomic mass is 10.0. The third-order valence-corrected chi connectivity index (χ3v) is 4.57. The summed E-state index contributed by atoms with van der Waals surface area (Å²) in [6.45, 7) is 12.0. The van der Waals surface area contributed by atoms with Crippen LogP contribution in [0.2, 0.25) is 0 Å². The lowest BCUT2D eigenvalue weighted by Crippen LogP contribution is -2.45. The smallest absolute Gasteiger partial charge is 0.191 e. The number of hydrogen-bond acceptors (Lipinski definition) is 4. The summed E-state index contributed by atoms with van der Waals surface area (Å²) in [5, 5.41) is 17.3. The highest BCUT2D eigenvalue weighted by Crippen LogP contribution is 2.23. The molecule has 1 saturated heterocycles. The molecule has 2 unspecified atom stereocenters. The maximum Gasteiger partial charge on any atom is 0.191 e. The van der Waals surface area contributed by atoms with Gasteiger partial charge in [-0.15, -0.1) is 0 Å². The molecule has 1 aliphatic heterocycles. The van der Waals surface area contributed by atoms with E-state index in [4.69, 9.17) is 4.42 Å². The Balaban J connectivity index is 1.94. The minimum atomic E-state index is -1.11. The monoisotopic (exact) mass is 336 g/mol. The van der Waals surface area contributed by atoms with Gasteiger partial charge in [-0.2, -0.15) is 0 Å². The summed E-state index contributed by atoms with van der Waals surface area (Å²) < 4.78 is 5.54. The van der Waals surface area contributed by atoms with E-state index >= 15 is 0 Å². The first-order valence-corrected chi connectivity index (χ1v) is 9.01. The fourth-order valence-electron chi connectivity index (χ4n) is 3.13. The van der Waals surface area contributed by atoms with Crippen molar-refractivity contribution in [2.45, 2.75) is 52.2 Å². The molecule has 1 fully saturated rings. The minimum absolute atomic E-state index is 0.247. The van der Waals surface area contributed by atoms with E-state index in [-0.39, 0.29) is 6.54 Å². The van der Waals surface area contributed by atoms with Crippen molar-refractivity contribution in [1.29, 1.82) is 0 Å². The molecular formula is C18H32N4O2. The summed E-state index contributed by atoms with van der Waals surface area (Å²) in [4.78, 5) is 7.05. The van der Waals surface area contributed by atoms with Crippen LogP contribution in [0.15, 0.2) is 21.5 Å². The van der Waals surface area contributed by atoms with Crippen LogP contribution in [0.25, 0.3) is 0 Å². The number of guanidine groups is 1. The molecule has 1 aromatic rings. The molecule has 1 aromatic heterocycles. The van der Waals surface area contributed by atoms with Crippen molar-refractivity contribution in [3.8, 4) is 0 Å². The van der Waals surface area contributed by atoms with Gasteiger partial charge in [-0.1, -0.05) is 6.92 Å². The van der Waals surface area contributed by atoms with E-state index in [9.17, 15) is 5.11 Å². The Morgan fingerprint density at radius 1 is 1.42 bits per heavy atom. The third-order valence-electron chi connectivity index (χ3n) is 4.57. The van der Waals surface area contributed by atoms with E-state index in [0.29, 0.717) is 11.8 Å². The van der Waals surface area contributed by atoms with Crippen molar-refractivity contribution in [3.05, 3.63) is 23.7 Å². The number of aliphatic hydroxyl groups is 1. The van der Waals surface area contributed by atoms with Crippen LogP contribution in [0.3, 0.4) is 0 Å². The molecule has 2 heterocycles. The Labute approximate surface area is 145 Å². The molecule has 6 nitrogen and oxygen atoms in total. The zero-order valence-corrected chi connectivity index (χ0v) is 15.4. The quantitative estimate of drug-likeness (QED) is 0.523. The van der Waals surface area contributed by atoms with Crippen molar-refractivity contribution in [1.82, 2.24) is 15.5 Å². The predicted molar refractivity (Wildman–Crippen MR) is 97.3 cm³/mol. The minimum Gasteiger partial charge on any atom is -0.463 e. The molecule has 3 N–H and O–H groups in total. The molecule has 136 valence electrons. The van der Waals surface area contributed by atoms with Gasteiger partial charge in [0.1, 0.15) is 17.1 Å². The van der Waals surface area contributed by atoms with E-state index < -0.39 is 5.60 Å². The highest BCUT2D eigenvalue weighted by atomic mass is 16.4. The summed E-state index contributed by atoms with van der Waals surface area (Å²) in [6.07, 6.45) is 2.49. The standard InChI is InChI=1S/C18H32N4O2/c1-5-19-17(20-12-15-8-7-11-22(15)6-2)21-13-18(4,23)16-10-9-14(3)24-16/h9-10,15,23H,5-8,11-13H2,1-4H3,(H2,19,20,21). The van der Waals surface area contributed by atoms with Crippen LogP contribution < -0.4 is 10.6 Å². The molecule has 0 bridgehead atoms. The van der Waals surface area contributed by atoms with E-state index in [0.717, 1.165) is 31.4 Å². The number of aliphatic imine (C=N–C) groups is 1. The van der Waals surface area contributed by atoms with Crippen LogP contribution in [0, 0.1) is 6.92 Å². The molecule has 0 spiro atoms. The fourth-order valence-corrected chi connectivity index (χ4v) is 3.13. The fraction of sp³-hybridized carbons (Fsp3) is 0.722. The van der Waals surface area contributed by atoms with Gasteiger partial charge in [0.2, 0.25) is 0 Å². The van der Waals surface area contributed by atoms with Crippen molar-refractivity contribution >= 4 is 5.96 Å². The summed E-state index contributed by atoms with van der Waals surface area (Å²) >= 11 is 0. The Morgan fingerprint density at radius 2 is 2.21 bits per heavy atom. The predicted octanol–water partition coefficient (Wildman–Crippen LogP) is 1.83. The molecular weight excluding hydrogens is 304 g/mol. The van der Waals surface area contributed by atoms with Crippen molar-refractivity contribution in [2.24, 2.45) is 4.99 Å². The second-order valence-electron chi connectivity index (χ2n) is 6.68. The Morgan fingerprint density at radius 3 is 2.83 bits per heavy atom. The summed E-state index contributed by atoms with van der Waals surface area (Å²) in [5.41, 5.74) is -1.11. The Kier molecular flexibility index (Phi) is 6.69. The Hall–Kier alpha value is -1.53. The number of likely N-dealkylation sites (N-methyl/N-ethyl adjacent to an activating group) is 1. The zero-order valence-electron chi connectivity index (χ0n) is 15.4. The second kappa shape index (κ2) is 8.53. The van der Waals surface area contributed by atoms with Gasteiger partial charge in [-0.3, -0.25) is 4.90 Å². The largest absolute Gasteiger partial charge is 0.463 e. The van der Waals surface area contributed by atoms with Gasteiger partial charge in [0.05, 0.1) is 6.54 Å². The molecule has 0 aromatic carbocycles. The first kappa shape index (κ1) is 18.8. The van der Waals surface area contributed by atoms with Crippen molar-refractivity contribution in [3.63, 3.8) is 0 Å².